The molecule has 6 nitrogen and oxygen atoms in total. The van der Waals surface area contributed by atoms with Crippen LogP contribution < -0.4 is 15.5 Å². The van der Waals surface area contributed by atoms with Crippen LogP contribution in [0.5, 0.6) is 0 Å². The zero-order valence-electron chi connectivity index (χ0n) is 14.7. The zero-order valence-corrected chi connectivity index (χ0v) is 14.7. The summed E-state index contributed by atoms with van der Waals surface area (Å²) in [5, 5.41) is 6.07. The first kappa shape index (κ1) is 18.4. The van der Waals surface area contributed by atoms with Crippen LogP contribution in [0, 0.1) is 19.8 Å². The molecule has 1 atom stereocenters. The maximum absolute atomic E-state index is 12.3. The lowest BCUT2D eigenvalue weighted by atomic mass is 10.1. The Bertz CT molecular complexity index is 589. The summed E-state index contributed by atoms with van der Waals surface area (Å²) < 4.78 is 4.94. The van der Waals surface area contributed by atoms with Crippen LogP contribution in [-0.2, 0) is 14.3 Å². The molecule has 1 aromatic rings. The molecule has 0 aromatic heterocycles. The number of carbonyl (C=O) groups excluding carboxylic acids is 2. The molecule has 6 heteroatoms. The molecule has 0 bridgehead atoms. The fourth-order valence-corrected chi connectivity index (χ4v) is 2.86. The smallest absolute Gasteiger partial charge is 0.227 e. The molecular formula is C18H27N3O3. The molecule has 1 aliphatic heterocycles. The van der Waals surface area contributed by atoms with E-state index < -0.39 is 0 Å². The molecule has 1 fully saturated rings. The predicted molar refractivity (Wildman–Crippen MR) is 94.1 cm³/mol. The number of carbonyl (C=O) groups is 2. The van der Waals surface area contributed by atoms with Crippen molar-refractivity contribution in [3.8, 4) is 0 Å². The standard InChI is InChI=1S/C18H27N3O3/c1-13-5-4-6-16(14(13)2)21-12-15(11-17(21)22)18(23)20-8-7-19-9-10-24-3/h4-6,15,19H,7-12H2,1-3H3,(H,20,23). The topological polar surface area (TPSA) is 70.7 Å². The van der Waals surface area contributed by atoms with Crippen molar-refractivity contribution in [2.45, 2.75) is 20.3 Å². The van der Waals surface area contributed by atoms with Gasteiger partial charge in [-0.1, -0.05) is 12.1 Å². The Morgan fingerprint density at radius 2 is 2.08 bits per heavy atom. The maximum atomic E-state index is 12.3. The van der Waals surface area contributed by atoms with Crippen molar-refractivity contribution >= 4 is 17.5 Å². The third kappa shape index (κ3) is 4.55. The molecule has 1 saturated heterocycles. The second-order valence-electron chi connectivity index (χ2n) is 6.16. The molecule has 132 valence electrons. The number of nitrogens with zero attached hydrogens (tertiary/aromatic N) is 1. The second kappa shape index (κ2) is 8.80. The molecule has 2 rings (SSSR count). The van der Waals surface area contributed by atoms with Crippen molar-refractivity contribution in [1.29, 1.82) is 0 Å². The second-order valence-corrected chi connectivity index (χ2v) is 6.16. The fourth-order valence-electron chi connectivity index (χ4n) is 2.86. The van der Waals surface area contributed by atoms with Gasteiger partial charge in [-0.2, -0.15) is 0 Å². The molecule has 0 saturated carbocycles. The van der Waals surface area contributed by atoms with Crippen LogP contribution in [0.1, 0.15) is 17.5 Å². The van der Waals surface area contributed by atoms with E-state index in [4.69, 9.17) is 4.74 Å². The normalized spacial score (nSPS) is 17.4. The van der Waals surface area contributed by atoms with Gasteiger partial charge in [0.2, 0.25) is 11.8 Å². The highest BCUT2D eigenvalue weighted by Crippen LogP contribution is 2.29. The van der Waals surface area contributed by atoms with Crippen LogP contribution in [0.3, 0.4) is 0 Å². The predicted octanol–water partition coefficient (Wildman–Crippen LogP) is 1.01. The van der Waals surface area contributed by atoms with Crippen LogP contribution in [0.15, 0.2) is 18.2 Å². The number of hydrogen-bond donors (Lipinski definition) is 2. The lowest BCUT2D eigenvalue weighted by molar-refractivity contribution is -0.126. The number of hydrogen-bond acceptors (Lipinski definition) is 4. The van der Waals surface area contributed by atoms with Crippen molar-refractivity contribution in [3.63, 3.8) is 0 Å². The Kier molecular flexibility index (Phi) is 6.75. The van der Waals surface area contributed by atoms with E-state index in [-0.39, 0.29) is 24.2 Å². The molecule has 1 unspecified atom stereocenters. The third-order valence-corrected chi connectivity index (χ3v) is 4.45. The molecule has 1 aliphatic rings. The monoisotopic (exact) mass is 333 g/mol. The minimum atomic E-state index is -0.281. The van der Waals surface area contributed by atoms with Gasteiger partial charge in [-0.25, -0.2) is 0 Å². The van der Waals surface area contributed by atoms with E-state index in [1.165, 1.54) is 0 Å². The summed E-state index contributed by atoms with van der Waals surface area (Å²) in [6, 6.07) is 5.92. The number of amides is 2. The van der Waals surface area contributed by atoms with Crippen LogP contribution in [-0.4, -0.2) is 51.7 Å². The summed E-state index contributed by atoms with van der Waals surface area (Å²) in [4.78, 5) is 26.3. The molecule has 0 aliphatic carbocycles. The number of ether oxygens (including phenoxy) is 1. The molecule has 1 heterocycles. The highest BCUT2D eigenvalue weighted by molar-refractivity contribution is 6.00. The molecule has 0 radical (unpaired) electrons. The van der Waals surface area contributed by atoms with Crippen LogP contribution in [0.25, 0.3) is 0 Å². The molecular weight excluding hydrogens is 306 g/mol. The molecule has 2 amide bonds. The first-order chi connectivity index (χ1) is 11.5. The summed E-state index contributed by atoms with van der Waals surface area (Å²) in [5.41, 5.74) is 3.15. The summed E-state index contributed by atoms with van der Waals surface area (Å²) in [6.07, 6.45) is 0.274. The Morgan fingerprint density at radius 1 is 1.29 bits per heavy atom. The van der Waals surface area contributed by atoms with Crippen molar-refractivity contribution in [2.24, 2.45) is 5.92 Å². The lowest BCUT2D eigenvalue weighted by Crippen LogP contribution is -2.37. The molecule has 1 aromatic carbocycles. The van der Waals surface area contributed by atoms with Gasteiger partial charge >= 0.3 is 0 Å². The molecule has 2 N–H and O–H groups in total. The minimum absolute atomic E-state index is 0.0158. The van der Waals surface area contributed by atoms with Crippen molar-refractivity contribution in [1.82, 2.24) is 10.6 Å². The van der Waals surface area contributed by atoms with E-state index in [1.54, 1.807) is 12.0 Å². The van der Waals surface area contributed by atoms with Crippen LogP contribution >= 0.6 is 0 Å². The zero-order chi connectivity index (χ0) is 17.5. The Morgan fingerprint density at radius 3 is 2.83 bits per heavy atom. The van der Waals surface area contributed by atoms with Gasteiger partial charge in [-0.15, -0.1) is 0 Å². The SMILES string of the molecule is COCCNCCNC(=O)C1CC(=O)N(c2cccc(C)c2C)C1. The number of anilines is 1. The Labute approximate surface area is 143 Å². The minimum Gasteiger partial charge on any atom is -0.383 e. The molecule has 24 heavy (non-hydrogen) atoms. The number of methoxy groups -OCH3 is 1. The highest BCUT2D eigenvalue weighted by Gasteiger charge is 2.35. The maximum Gasteiger partial charge on any atom is 0.227 e. The summed E-state index contributed by atoms with van der Waals surface area (Å²) in [7, 11) is 1.66. The summed E-state index contributed by atoms with van der Waals surface area (Å²) in [6.45, 7) is 7.14. The van der Waals surface area contributed by atoms with Crippen LogP contribution in [0.2, 0.25) is 0 Å². The van der Waals surface area contributed by atoms with Crippen molar-refractivity contribution in [3.05, 3.63) is 29.3 Å². The van der Waals surface area contributed by atoms with Crippen molar-refractivity contribution < 1.29 is 14.3 Å². The number of benzene rings is 1. The lowest BCUT2D eigenvalue weighted by Gasteiger charge is -2.20. The van der Waals surface area contributed by atoms with E-state index >= 15 is 0 Å². The summed E-state index contributed by atoms with van der Waals surface area (Å²) >= 11 is 0. The van der Waals surface area contributed by atoms with Gasteiger partial charge in [0.1, 0.15) is 0 Å². The van der Waals surface area contributed by atoms with E-state index in [0.717, 1.165) is 23.4 Å². The largest absolute Gasteiger partial charge is 0.383 e. The van der Waals surface area contributed by atoms with E-state index in [0.29, 0.717) is 26.2 Å². The molecule has 0 spiro atoms. The first-order valence-corrected chi connectivity index (χ1v) is 8.38. The average Bonchev–Trinajstić information content (AvgIpc) is 2.95. The van der Waals surface area contributed by atoms with E-state index in [1.807, 2.05) is 32.0 Å². The van der Waals surface area contributed by atoms with Gasteiger partial charge in [0, 0.05) is 45.4 Å². The number of rotatable bonds is 8. The highest BCUT2D eigenvalue weighted by atomic mass is 16.5. The van der Waals surface area contributed by atoms with Gasteiger partial charge in [-0.05, 0) is 31.0 Å². The van der Waals surface area contributed by atoms with Crippen molar-refractivity contribution in [2.75, 3.05) is 44.8 Å². The van der Waals surface area contributed by atoms with Gasteiger partial charge in [-0.3, -0.25) is 9.59 Å². The van der Waals surface area contributed by atoms with Gasteiger partial charge in [0.05, 0.1) is 12.5 Å². The Hall–Kier alpha value is -1.92. The number of aryl methyl sites for hydroxylation is 1. The summed E-state index contributed by atoms with van der Waals surface area (Å²) in [5.74, 6) is -0.317. The van der Waals surface area contributed by atoms with Crippen LogP contribution in [0.4, 0.5) is 5.69 Å². The average molecular weight is 333 g/mol. The fraction of sp³-hybridized carbons (Fsp3) is 0.556. The van der Waals surface area contributed by atoms with E-state index in [2.05, 4.69) is 10.6 Å². The third-order valence-electron chi connectivity index (χ3n) is 4.45. The first-order valence-electron chi connectivity index (χ1n) is 8.38. The van der Waals surface area contributed by atoms with E-state index in [9.17, 15) is 9.59 Å². The number of nitrogens with one attached hydrogen (secondary N) is 2. The van der Waals surface area contributed by atoms with Gasteiger partial charge in [0.25, 0.3) is 0 Å². The van der Waals surface area contributed by atoms with Gasteiger partial charge in [0.15, 0.2) is 0 Å². The quantitative estimate of drug-likeness (QED) is 0.697. The van der Waals surface area contributed by atoms with Gasteiger partial charge < -0.3 is 20.3 Å². The Balaban J connectivity index is 1.85.